The lowest BCUT2D eigenvalue weighted by molar-refractivity contribution is -0.132. The number of aliphatic carboxylic acids is 1. The summed E-state index contributed by atoms with van der Waals surface area (Å²) in [5.74, 6) is -0.937. The van der Waals surface area contributed by atoms with Crippen LogP contribution >= 0.6 is 0 Å². The van der Waals surface area contributed by atoms with Gasteiger partial charge in [-0.2, -0.15) is 0 Å². The van der Waals surface area contributed by atoms with E-state index in [0.717, 1.165) is 19.3 Å². The molecular weight excluding hydrogens is 376 g/mol. The fourth-order valence-electron chi connectivity index (χ4n) is 3.91. The molecule has 0 saturated heterocycles. The van der Waals surface area contributed by atoms with Crippen LogP contribution in [0, 0.1) is 0 Å². The van der Waals surface area contributed by atoms with E-state index in [1.807, 2.05) is 0 Å². The number of carbonyl (C=O) groups is 1. The van der Waals surface area contributed by atoms with Crippen LogP contribution in [0.2, 0.25) is 0 Å². The van der Waals surface area contributed by atoms with Crippen molar-refractivity contribution in [3.63, 3.8) is 0 Å². The Hall–Kier alpha value is -0.870. The third-order valence-corrected chi connectivity index (χ3v) is 6.30. The summed E-state index contributed by atoms with van der Waals surface area (Å²) >= 11 is 0. The smallest absolute Gasteiger partial charge is 0.331 e. The number of unbranched alkanes of at least 4 members (excludes halogenated alkanes) is 17. The lowest BCUT2D eigenvalue weighted by Crippen LogP contribution is -2.13. The van der Waals surface area contributed by atoms with Crippen LogP contribution in [0.15, 0.2) is 11.1 Å². The molecule has 4 heteroatoms. The van der Waals surface area contributed by atoms with Crippen LogP contribution < -0.4 is 0 Å². The van der Waals surface area contributed by atoms with Crippen LogP contribution in [0.5, 0.6) is 0 Å². The van der Waals surface area contributed by atoms with Gasteiger partial charge in [-0.05, 0) is 32.3 Å². The van der Waals surface area contributed by atoms with Gasteiger partial charge in [0.15, 0.2) is 0 Å². The molecule has 0 spiro atoms. The molecule has 0 heterocycles. The number of hydrogen-bond donors (Lipinski definition) is 3. The minimum Gasteiger partial charge on any atom is -0.478 e. The van der Waals surface area contributed by atoms with Gasteiger partial charge in [-0.3, -0.25) is 0 Å². The Morgan fingerprint density at radius 1 is 0.600 bits per heavy atom. The first-order valence-electron chi connectivity index (χ1n) is 12.7. The predicted octanol–water partition coefficient (Wildman–Crippen LogP) is 7.17. The minimum atomic E-state index is -0.937. The first-order chi connectivity index (χ1) is 14.5. The van der Waals surface area contributed by atoms with Crippen molar-refractivity contribution in [1.82, 2.24) is 0 Å². The van der Waals surface area contributed by atoms with E-state index in [-0.39, 0.29) is 5.57 Å². The second-order valence-corrected chi connectivity index (χ2v) is 9.01. The van der Waals surface area contributed by atoms with Crippen LogP contribution in [-0.4, -0.2) is 34.0 Å². The summed E-state index contributed by atoms with van der Waals surface area (Å²) in [6, 6.07) is 0. The molecule has 0 aromatic rings. The fourth-order valence-corrected chi connectivity index (χ4v) is 3.91. The van der Waals surface area contributed by atoms with Gasteiger partial charge >= 0.3 is 5.97 Å². The molecule has 0 radical (unpaired) electrons. The molecule has 0 amide bonds. The quantitative estimate of drug-likeness (QED) is 0.127. The first-order valence-corrected chi connectivity index (χ1v) is 12.7. The van der Waals surface area contributed by atoms with E-state index >= 15 is 0 Å². The summed E-state index contributed by atoms with van der Waals surface area (Å²) in [5.41, 5.74) is 0.865. The molecule has 0 aliphatic heterocycles. The molecule has 0 bridgehead atoms. The van der Waals surface area contributed by atoms with Crippen LogP contribution in [-0.2, 0) is 4.79 Å². The largest absolute Gasteiger partial charge is 0.478 e. The van der Waals surface area contributed by atoms with E-state index in [1.165, 1.54) is 96.3 Å². The van der Waals surface area contributed by atoms with Crippen molar-refractivity contribution < 1.29 is 20.1 Å². The Balaban J connectivity index is 3.28. The second-order valence-electron chi connectivity index (χ2n) is 9.01. The average Bonchev–Trinajstić information content (AvgIpc) is 2.73. The molecule has 0 rings (SSSR count). The van der Waals surface area contributed by atoms with Crippen molar-refractivity contribution in [2.24, 2.45) is 0 Å². The molecule has 0 aromatic carbocycles. The van der Waals surface area contributed by atoms with Crippen molar-refractivity contribution >= 4 is 5.97 Å². The second kappa shape index (κ2) is 21.4. The maximum Gasteiger partial charge on any atom is 0.331 e. The van der Waals surface area contributed by atoms with Crippen LogP contribution in [0.3, 0.4) is 0 Å². The van der Waals surface area contributed by atoms with Gasteiger partial charge in [0.1, 0.15) is 0 Å². The highest BCUT2D eigenvalue weighted by atomic mass is 16.4. The maximum absolute atomic E-state index is 10.9. The van der Waals surface area contributed by atoms with Gasteiger partial charge in [0.2, 0.25) is 0 Å². The van der Waals surface area contributed by atoms with Crippen LogP contribution in [0.25, 0.3) is 0 Å². The van der Waals surface area contributed by atoms with Crippen LogP contribution in [0.1, 0.15) is 136 Å². The highest BCUT2D eigenvalue weighted by Gasteiger charge is 2.12. The van der Waals surface area contributed by atoms with Crippen molar-refractivity contribution in [2.75, 3.05) is 6.61 Å². The lowest BCUT2D eigenvalue weighted by atomic mass is 9.99. The molecule has 30 heavy (non-hydrogen) atoms. The van der Waals surface area contributed by atoms with Crippen molar-refractivity contribution in [2.45, 2.75) is 142 Å². The summed E-state index contributed by atoms with van der Waals surface area (Å²) in [5, 5.41) is 27.7. The number of rotatable bonds is 22. The van der Waals surface area contributed by atoms with Crippen molar-refractivity contribution in [3.05, 3.63) is 11.1 Å². The highest BCUT2D eigenvalue weighted by Crippen LogP contribution is 2.17. The normalized spacial score (nSPS) is 13.3. The molecule has 0 saturated carbocycles. The molecular formula is C26H50O4. The Bertz CT molecular complexity index is 431. The van der Waals surface area contributed by atoms with E-state index < -0.39 is 12.1 Å². The van der Waals surface area contributed by atoms with Crippen LogP contribution in [0.4, 0.5) is 0 Å². The van der Waals surface area contributed by atoms with Gasteiger partial charge in [-0.15, -0.1) is 0 Å². The fraction of sp³-hybridized carbons (Fsp3) is 0.885. The van der Waals surface area contributed by atoms with Gasteiger partial charge in [0.25, 0.3) is 0 Å². The molecule has 0 aliphatic rings. The number of aliphatic hydroxyl groups excluding tert-OH is 2. The molecule has 0 aliphatic carbocycles. The lowest BCUT2D eigenvalue weighted by Gasteiger charge is -2.12. The Morgan fingerprint density at radius 2 is 0.900 bits per heavy atom. The standard InChI is InChI=1S/C26H50O4/c1-23(24(2)26(29)30)25(28)21-19-17-15-13-11-9-7-5-3-4-6-8-10-12-14-16-18-20-22-27/h25,27-28H,3-22H2,1-2H3,(H,29,30). The van der Waals surface area contributed by atoms with Gasteiger partial charge in [0.05, 0.1) is 6.10 Å². The highest BCUT2D eigenvalue weighted by molar-refractivity contribution is 5.86. The number of carboxylic acids is 1. The third kappa shape index (κ3) is 17.9. The zero-order valence-corrected chi connectivity index (χ0v) is 20.0. The Labute approximate surface area is 186 Å². The van der Waals surface area contributed by atoms with E-state index in [2.05, 4.69) is 0 Å². The Kier molecular flexibility index (Phi) is 20.7. The van der Waals surface area contributed by atoms with E-state index in [9.17, 15) is 9.90 Å². The van der Waals surface area contributed by atoms with Crippen molar-refractivity contribution in [1.29, 1.82) is 0 Å². The molecule has 0 aromatic heterocycles. The number of carboxylic acid groups (broad SMARTS) is 1. The molecule has 3 N–H and O–H groups in total. The van der Waals surface area contributed by atoms with Gasteiger partial charge in [-0.1, -0.05) is 109 Å². The molecule has 4 nitrogen and oxygen atoms in total. The molecule has 0 fully saturated rings. The summed E-state index contributed by atoms with van der Waals surface area (Å²) in [4.78, 5) is 10.9. The predicted molar refractivity (Wildman–Crippen MR) is 127 cm³/mol. The topological polar surface area (TPSA) is 77.8 Å². The summed E-state index contributed by atoms with van der Waals surface area (Å²) in [6.07, 6.45) is 23.1. The molecule has 1 unspecified atom stereocenters. The van der Waals surface area contributed by atoms with E-state index in [1.54, 1.807) is 13.8 Å². The van der Waals surface area contributed by atoms with Gasteiger partial charge in [-0.25, -0.2) is 4.79 Å². The van der Waals surface area contributed by atoms with E-state index in [0.29, 0.717) is 18.6 Å². The van der Waals surface area contributed by atoms with E-state index in [4.69, 9.17) is 10.2 Å². The van der Waals surface area contributed by atoms with Gasteiger partial charge in [0, 0.05) is 12.2 Å². The number of hydrogen-bond acceptors (Lipinski definition) is 3. The summed E-state index contributed by atoms with van der Waals surface area (Å²) in [7, 11) is 0. The monoisotopic (exact) mass is 426 g/mol. The SMILES string of the molecule is CC(C(=O)O)=C(C)C(O)CCCCCCCCCCCCCCCCCCCCO. The summed E-state index contributed by atoms with van der Waals surface area (Å²) in [6.45, 7) is 3.63. The molecule has 1 atom stereocenters. The first kappa shape index (κ1) is 29.1. The Morgan fingerprint density at radius 3 is 1.20 bits per heavy atom. The zero-order valence-electron chi connectivity index (χ0n) is 20.0. The number of aliphatic hydroxyl groups is 2. The average molecular weight is 427 g/mol. The van der Waals surface area contributed by atoms with Gasteiger partial charge < -0.3 is 15.3 Å². The zero-order chi connectivity index (χ0) is 22.5. The van der Waals surface area contributed by atoms with Crippen molar-refractivity contribution in [3.8, 4) is 0 Å². The third-order valence-electron chi connectivity index (χ3n) is 6.30. The maximum atomic E-state index is 10.9. The minimum absolute atomic E-state index is 0.271. The molecule has 178 valence electrons. The summed E-state index contributed by atoms with van der Waals surface area (Å²) < 4.78 is 0.